The van der Waals surface area contributed by atoms with Gasteiger partial charge >= 0.3 is 6.01 Å². The smallest absolute Gasteiger partial charge is 0.322 e. The molecule has 9 heteroatoms. The number of hydrogen-bond acceptors (Lipinski definition) is 6. The third-order valence-corrected chi connectivity index (χ3v) is 7.39. The fourth-order valence-corrected chi connectivity index (χ4v) is 4.95. The molecule has 0 radical (unpaired) electrons. The van der Waals surface area contributed by atoms with Gasteiger partial charge in [0.2, 0.25) is 15.9 Å². The maximum Gasteiger partial charge on any atom is 0.322 e. The van der Waals surface area contributed by atoms with E-state index < -0.39 is 15.9 Å². The topological polar surface area (TPSA) is 105 Å². The van der Waals surface area contributed by atoms with Crippen LogP contribution in [0.3, 0.4) is 0 Å². The van der Waals surface area contributed by atoms with Crippen LogP contribution in [0.25, 0.3) is 0 Å². The van der Waals surface area contributed by atoms with Crippen LogP contribution >= 0.6 is 0 Å². The first-order chi connectivity index (χ1) is 13.4. The average Bonchev–Trinajstić information content (AvgIpc) is 3.47. The van der Waals surface area contributed by atoms with Crippen molar-refractivity contribution in [2.24, 2.45) is 0 Å². The van der Waals surface area contributed by atoms with Crippen molar-refractivity contribution in [2.45, 2.75) is 61.8 Å². The molecule has 0 aliphatic heterocycles. The third kappa shape index (κ3) is 3.95. The van der Waals surface area contributed by atoms with E-state index in [1.165, 1.54) is 28.6 Å². The number of nitrogens with zero attached hydrogens (tertiary/aromatic N) is 3. The summed E-state index contributed by atoms with van der Waals surface area (Å²) in [5.74, 6) is 0.432. The standard InChI is InChI=1S/C19H24N4O4S/c1-23(15-5-3-2-4-6-15)28(25,26)16-11-9-13(10-12-16)17(24)20-19-22-21-18(27-19)14-7-8-14/h9-12,14-15H,2-8H2,1H3,(H,20,22,24). The minimum Gasteiger partial charge on any atom is -0.408 e. The van der Waals surface area contributed by atoms with Crippen LogP contribution in [0.5, 0.6) is 0 Å². The molecule has 1 heterocycles. The Hall–Kier alpha value is -2.26. The summed E-state index contributed by atoms with van der Waals surface area (Å²) >= 11 is 0. The molecule has 1 amide bonds. The molecule has 0 bridgehead atoms. The Morgan fingerprint density at radius 2 is 1.75 bits per heavy atom. The van der Waals surface area contributed by atoms with Gasteiger partial charge in [0.25, 0.3) is 5.91 Å². The zero-order chi connectivity index (χ0) is 19.7. The lowest BCUT2D eigenvalue weighted by atomic mass is 9.96. The summed E-state index contributed by atoms with van der Waals surface area (Å²) in [6.07, 6.45) is 7.12. The number of carbonyl (C=O) groups is 1. The molecule has 28 heavy (non-hydrogen) atoms. The number of rotatable bonds is 6. The van der Waals surface area contributed by atoms with E-state index in [9.17, 15) is 13.2 Å². The van der Waals surface area contributed by atoms with E-state index in [2.05, 4.69) is 15.5 Å². The number of amides is 1. The Kier molecular flexibility index (Phi) is 5.20. The molecule has 1 aromatic heterocycles. The summed E-state index contributed by atoms with van der Waals surface area (Å²) in [7, 11) is -1.94. The van der Waals surface area contributed by atoms with Crippen LogP contribution < -0.4 is 5.32 Å². The molecule has 2 saturated carbocycles. The predicted molar refractivity (Wildman–Crippen MR) is 102 cm³/mol. The van der Waals surface area contributed by atoms with Crippen molar-refractivity contribution in [1.29, 1.82) is 0 Å². The largest absolute Gasteiger partial charge is 0.408 e. The lowest BCUT2D eigenvalue weighted by Crippen LogP contribution is -2.38. The van der Waals surface area contributed by atoms with E-state index >= 15 is 0 Å². The highest BCUT2D eigenvalue weighted by Gasteiger charge is 2.30. The minimum absolute atomic E-state index is 0.0416. The minimum atomic E-state index is -3.58. The van der Waals surface area contributed by atoms with Crippen molar-refractivity contribution in [3.8, 4) is 0 Å². The van der Waals surface area contributed by atoms with Gasteiger partial charge in [-0.1, -0.05) is 24.4 Å². The molecule has 2 aromatic rings. The number of sulfonamides is 1. The second kappa shape index (κ2) is 7.63. The molecule has 0 atom stereocenters. The quantitative estimate of drug-likeness (QED) is 0.793. The summed E-state index contributed by atoms with van der Waals surface area (Å²) in [6.45, 7) is 0. The highest BCUT2D eigenvalue weighted by Crippen LogP contribution is 2.39. The molecular formula is C19H24N4O4S. The molecule has 2 aliphatic carbocycles. The van der Waals surface area contributed by atoms with E-state index in [1.807, 2.05) is 0 Å². The second-order valence-corrected chi connectivity index (χ2v) is 9.51. The zero-order valence-electron chi connectivity index (χ0n) is 15.8. The van der Waals surface area contributed by atoms with Crippen LogP contribution in [0.4, 0.5) is 6.01 Å². The van der Waals surface area contributed by atoms with Gasteiger partial charge in [-0.2, -0.15) is 4.31 Å². The van der Waals surface area contributed by atoms with Gasteiger partial charge in [-0.3, -0.25) is 10.1 Å². The van der Waals surface area contributed by atoms with Crippen molar-refractivity contribution < 1.29 is 17.6 Å². The number of aromatic nitrogens is 2. The highest BCUT2D eigenvalue weighted by molar-refractivity contribution is 7.89. The van der Waals surface area contributed by atoms with Crippen LogP contribution in [-0.2, 0) is 10.0 Å². The maximum absolute atomic E-state index is 12.9. The molecule has 2 aliphatic rings. The molecule has 4 rings (SSSR count). The van der Waals surface area contributed by atoms with Crippen molar-refractivity contribution >= 4 is 21.9 Å². The molecule has 1 aromatic carbocycles. The molecule has 0 unspecified atom stereocenters. The number of anilines is 1. The summed E-state index contributed by atoms with van der Waals surface area (Å²) in [5.41, 5.74) is 0.324. The van der Waals surface area contributed by atoms with Gasteiger partial charge in [-0.05, 0) is 49.9 Å². The van der Waals surface area contributed by atoms with Crippen LogP contribution in [0, 0.1) is 0 Å². The van der Waals surface area contributed by atoms with Crippen LogP contribution in [0.1, 0.15) is 67.1 Å². The van der Waals surface area contributed by atoms with Crippen molar-refractivity contribution in [3.63, 3.8) is 0 Å². The van der Waals surface area contributed by atoms with Gasteiger partial charge in [0.05, 0.1) is 4.90 Å². The lowest BCUT2D eigenvalue weighted by Gasteiger charge is -2.30. The Bertz CT molecular complexity index is 945. The van der Waals surface area contributed by atoms with E-state index in [-0.39, 0.29) is 17.0 Å². The number of hydrogen-bond donors (Lipinski definition) is 1. The first-order valence-corrected chi connectivity index (χ1v) is 11.1. The molecule has 8 nitrogen and oxygen atoms in total. The van der Waals surface area contributed by atoms with Crippen LogP contribution in [0.2, 0.25) is 0 Å². The van der Waals surface area contributed by atoms with Gasteiger partial charge in [0.15, 0.2) is 0 Å². The Morgan fingerprint density at radius 1 is 1.07 bits per heavy atom. The predicted octanol–water partition coefficient (Wildman–Crippen LogP) is 3.15. The van der Waals surface area contributed by atoms with E-state index in [0.717, 1.165) is 44.9 Å². The highest BCUT2D eigenvalue weighted by atomic mass is 32.2. The zero-order valence-corrected chi connectivity index (χ0v) is 16.6. The molecule has 150 valence electrons. The Morgan fingerprint density at radius 3 is 2.39 bits per heavy atom. The van der Waals surface area contributed by atoms with E-state index in [4.69, 9.17) is 4.42 Å². The summed E-state index contributed by atoms with van der Waals surface area (Å²) in [6, 6.07) is 6.02. The van der Waals surface area contributed by atoms with Crippen LogP contribution in [-0.4, -0.2) is 41.9 Å². The van der Waals surface area contributed by atoms with Gasteiger partial charge in [0.1, 0.15) is 0 Å². The van der Waals surface area contributed by atoms with Gasteiger partial charge in [-0.15, -0.1) is 5.10 Å². The first-order valence-electron chi connectivity index (χ1n) is 9.68. The molecule has 1 N–H and O–H groups in total. The van der Waals surface area contributed by atoms with Crippen molar-refractivity contribution in [1.82, 2.24) is 14.5 Å². The third-order valence-electron chi connectivity index (χ3n) is 5.47. The summed E-state index contributed by atoms with van der Waals surface area (Å²) in [5, 5.41) is 10.3. The number of carbonyl (C=O) groups excluding carboxylic acids is 1. The second-order valence-electron chi connectivity index (χ2n) is 7.51. The summed E-state index contributed by atoms with van der Waals surface area (Å²) in [4.78, 5) is 12.5. The Balaban J connectivity index is 1.43. The number of benzene rings is 1. The maximum atomic E-state index is 12.9. The van der Waals surface area contributed by atoms with Gasteiger partial charge in [-0.25, -0.2) is 8.42 Å². The van der Waals surface area contributed by atoms with E-state index in [0.29, 0.717) is 17.4 Å². The molecular weight excluding hydrogens is 380 g/mol. The van der Waals surface area contributed by atoms with Crippen molar-refractivity contribution in [2.75, 3.05) is 12.4 Å². The average molecular weight is 404 g/mol. The molecule has 0 spiro atoms. The van der Waals surface area contributed by atoms with E-state index in [1.54, 1.807) is 7.05 Å². The lowest BCUT2D eigenvalue weighted by molar-refractivity contribution is 0.102. The fourth-order valence-electron chi connectivity index (χ4n) is 3.54. The molecule has 0 saturated heterocycles. The fraction of sp³-hybridized carbons (Fsp3) is 0.526. The van der Waals surface area contributed by atoms with Crippen molar-refractivity contribution in [3.05, 3.63) is 35.7 Å². The normalized spacial score (nSPS) is 18.4. The number of nitrogens with one attached hydrogen (secondary N) is 1. The van der Waals surface area contributed by atoms with Gasteiger partial charge < -0.3 is 4.42 Å². The first kappa shape index (κ1) is 19.1. The monoisotopic (exact) mass is 404 g/mol. The summed E-state index contributed by atoms with van der Waals surface area (Å²) < 4.78 is 32.6. The SMILES string of the molecule is CN(C1CCCCC1)S(=O)(=O)c1ccc(C(=O)Nc2nnc(C3CC3)o2)cc1. The molecule has 2 fully saturated rings. The van der Waals surface area contributed by atoms with Crippen LogP contribution in [0.15, 0.2) is 33.6 Å². The van der Waals surface area contributed by atoms with Gasteiger partial charge in [0, 0.05) is 24.6 Å². The Labute approximate surface area is 164 Å².